The fourth-order valence-electron chi connectivity index (χ4n) is 2.58. The number of hydrogen-bond donors (Lipinski definition) is 1. The number of carbonyl (C=O) groups excluding carboxylic acids is 2. The molecule has 0 aromatic heterocycles. The molecule has 148 valence electrons. The number of benzene rings is 3. The van der Waals surface area contributed by atoms with Gasteiger partial charge in [0.05, 0.1) is 4.47 Å². The van der Waals surface area contributed by atoms with Crippen molar-refractivity contribution < 1.29 is 19.1 Å². The lowest BCUT2D eigenvalue weighted by Gasteiger charge is -2.10. The molecule has 0 unspecified atom stereocenters. The number of anilines is 1. The molecule has 0 saturated carbocycles. The predicted molar refractivity (Wildman–Crippen MR) is 116 cm³/mol. The second-order valence-corrected chi connectivity index (χ2v) is 7.05. The lowest BCUT2D eigenvalue weighted by Crippen LogP contribution is -2.18. The molecule has 6 heteroatoms. The van der Waals surface area contributed by atoms with Crippen LogP contribution in [0.4, 0.5) is 5.69 Å². The van der Waals surface area contributed by atoms with Crippen molar-refractivity contribution in [1.82, 2.24) is 0 Å². The van der Waals surface area contributed by atoms with Crippen LogP contribution in [0.1, 0.15) is 13.3 Å². The summed E-state index contributed by atoms with van der Waals surface area (Å²) in [6, 6.07) is 22.3. The third kappa shape index (κ3) is 5.93. The van der Waals surface area contributed by atoms with Crippen LogP contribution in [0, 0.1) is 0 Å². The topological polar surface area (TPSA) is 64.6 Å². The van der Waals surface area contributed by atoms with Gasteiger partial charge in [0.25, 0.3) is 0 Å². The van der Waals surface area contributed by atoms with Crippen molar-refractivity contribution in [2.75, 3.05) is 11.9 Å². The van der Waals surface area contributed by atoms with Gasteiger partial charge in [0.15, 0.2) is 6.61 Å². The molecule has 3 aromatic carbocycles. The maximum absolute atomic E-state index is 12.1. The molecule has 0 fully saturated rings. The number of hydrogen-bond acceptors (Lipinski definition) is 4. The number of amides is 1. The molecule has 0 heterocycles. The van der Waals surface area contributed by atoms with Gasteiger partial charge in [-0.25, -0.2) is 4.79 Å². The van der Waals surface area contributed by atoms with Crippen LogP contribution in [0.5, 0.6) is 11.5 Å². The van der Waals surface area contributed by atoms with Crippen LogP contribution in [-0.2, 0) is 9.59 Å². The van der Waals surface area contributed by atoms with Gasteiger partial charge in [0.2, 0.25) is 5.91 Å². The summed E-state index contributed by atoms with van der Waals surface area (Å²) >= 11 is 3.48. The lowest BCUT2D eigenvalue weighted by molar-refractivity contribution is -0.136. The minimum Gasteiger partial charge on any atom is -0.481 e. The smallest absolute Gasteiger partial charge is 0.349 e. The maximum atomic E-state index is 12.1. The molecule has 0 atom stereocenters. The molecule has 0 aliphatic heterocycles. The normalized spacial score (nSPS) is 10.3. The summed E-state index contributed by atoms with van der Waals surface area (Å²) in [6.45, 7) is 1.55. The van der Waals surface area contributed by atoms with Crippen LogP contribution in [-0.4, -0.2) is 18.5 Å². The summed E-state index contributed by atoms with van der Waals surface area (Å²) < 4.78 is 11.6. The Kier molecular flexibility index (Phi) is 7.03. The van der Waals surface area contributed by atoms with Gasteiger partial charge >= 0.3 is 5.97 Å². The third-order valence-electron chi connectivity index (χ3n) is 4.08. The van der Waals surface area contributed by atoms with Gasteiger partial charge in [-0.15, -0.1) is 0 Å². The van der Waals surface area contributed by atoms with Crippen molar-refractivity contribution in [2.45, 2.75) is 13.3 Å². The van der Waals surface area contributed by atoms with E-state index in [9.17, 15) is 9.59 Å². The van der Waals surface area contributed by atoms with Gasteiger partial charge < -0.3 is 14.8 Å². The van der Waals surface area contributed by atoms with E-state index in [1.54, 1.807) is 31.2 Å². The van der Waals surface area contributed by atoms with E-state index < -0.39 is 5.97 Å². The predicted octanol–water partition coefficient (Wildman–Crippen LogP) is 5.45. The van der Waals surface area contributed by atoms with E-state index in [-0.39, 0.29) is 12.5 Å². The first kappa shape index (κ1) is 20.6. The Balaban J connectivity index is 1.54. The zero-order valence-corrected chi connectivity index (χ0v) is 17.4. The first-order chi connectivity index (χ1) is 14.0. The van der Waals surface area contributed by atoms with Gasteiger partial charge in [0.1, 0.15) is 11.5 Å². The molecule has 29 heavy (non-hydrogen) atoms. The van der Waals surface area contributed by atoms with E-state index in [4.69, 9.17) is 9.47 Å². The quantitative estimate of drug-likeness (QED) is 0.381. The van der Waals surface area contributed by atoms with Gasteiger partial charge in [0, 0.05) is 12.1 Å². The number of rotatable bonds is 7. The highest BCUT2D eigenvalue weighted by molar-refractivity contribution is 9.10. The molecule has 3 rings (SSSR count). The van der Waals surface area contributed by atoms with Crippen LogP contribution >= 0.6 is 15.9 Å². The molecule has 0 radical (unpaired) electrons. The molecule has 1 amide bonds. The molecule has 0 bridgehead atoms. The summed E-state index contributed by atoms with van der Waals surface area (Å²) in [4.78, 5) is 23.4. The highest BCUT2D eigenvalue weighted by Gasteiger charge is 2.10. The summed E-state index contributed by atoms with van der Waals surface area (Å²) in [5.74, 6) is 0.340. The van der Waals surface area contributed by atoms with E-state index in [0.29, 0.717) is 23.6 Å². The van der Waals surface area contributed by atoms with Crippen LogP contribution < -0.4 is 14.8 Å². The van der Waals surface area contributed by atoms with Crippen molar-refractivity contribution in [3.63, 3.8) is 0 Å². The molecule has 5 nitrogen and oxygen atoms in total. The van der Waals surface area contributed by atoms with Crippen LogP contribution in [0.25, 0.3) is 11.1 Å². The molecule has 0 aliphatic rings. The standard InChI is InChI=1S/C23H20BrNO4/c1-2-22(26)25-18-9-11-19(12-10-18)29-23(27)15-28-21-13-8-17(14-20(21)24)16-6-4-3-5-7-16/h3-14H,2,15H2,1H3,(H,25,26). The van der Waals surface area contributed by atoms with E-state index in [0.717, 1.165) is 15.6 Å². The van der Waals surface area contributed by atoms with Crippen molar-refractivity contribution in [3.05, 3.63) is 77.3 Å². The fraction of sp³-hybridized carbons (Fsp3) is 0.130. The second kappa shape index (κ2) is 9.89. The van der Waals surface area contributed by atoms with Gasteiger partial charge in [-0.2, -0.15) is 0 Å². The van der Waals surface area contributed by atoms with Crippen molar-refractivity contribution in [1.29, 1.82) is 0 Å². The maximum Gasteiger partial charge on any atom is 0.349 e. The monoisotopic (exact) mass is 453 g/mol. The van der Waals surface area contributed by atoms with Crippen molar-refractivity contribution in [3.8, 4) is 22.6 Å². The molecule has 3 aromatic rings. The molecule has 0 saturated heterocycles. The Hall–Kier alpha value is -3.12. The summed E-state index contributed by atoms with van der Waals surface area (Å²) in [7, 11) is 0. The SMILES string of the molecule is CCC(=O)Nc1ccc(OC(=O)COc2ccc(-c3ccccc3)cc2Br)cc1. The number of ether oxygens (including phenoxy) is 2. The Morgan fingerprint density at radius 2 is 1.66 bits per heavy atom. The van der Waals surface area contributed by atoms with E-state index in [2.05, 4.69) is 21.2 Å². The average molecular weight is 454 g/mol. The van der Waals surface area contributed by atoms with E-state index in [1.165, 1.54) is 0 Å². The van der Waals surface area contributed by atoms with Crippen molar-refractivity contribution >= 4 is 33.5 Å². The average Bonchev–Trinajstić information content (AvgIpc) is 2.74. The number of halogens is 1. The Morgan fingerprint density at radius 3 is 2.31 bits per heavy atom. The van der Waals surface area contributed by atoms with Gasteiger partial charge in [-0.1, -0.05) is 43.3 Å². The highest BCUT2D eigenvalue weighted by atomic mass is 79.9. The number of nitrogens with one attached hydrogen (secondary N) is 1. The second-order valence-electron chi connectivity index (χ2n) is 6.20. The largest absolute Gasteiger partial charge is 0.481 e. The molecule has 1 N–H and O–H groups in total. The Bertz CT molecular complexity index is 988. The number of carbonyl (C=O) groups is 2. The number of esters is 1. The summed E-state index contributed by atoms with van der Waals surface area (Å²) in [5, 5.41) is 2.73. The Labute approximate surface area is 177 Å². The first-order valence-electron chi connectivity index (χ1n) is 9.13. The van der Waals surface area contributed by atoms with E-state index >= 15 is 0 Å². The highest BCUT2D eigenvalue weighted by Crippen LogP contribution is 2.30. The lowest BCUT2D eigenvalue weighted by atomic mass is 10.1. The molecule has 0 aliphatic carbocycles. The van der Waals surface area contributed by atoms with Crippen molar-refractivity contribution in [2.24, 2.45) is 0 Å². The third-order valence-corrected chi connectivity index (χ3v) is 4.70. The zero-order chi connectivity index (χ0) is 20.6. The van der Waals surface area contributed by atoms with Crippen LogP contribution in [0.3, 0.4) is 0 Å². The summed E-state index contributed by atoms with van der Waals surface area (Å²) in [6.07, 6.45) is 0.399. The Morgan fingerprint density at radius 1 is 0.931 bits per heavy atom. The summed E-state index contributed by atoms with van der Waals surface area (Å²) in [5.41, 5.74) is 2.79. The molecular weight excluding hydrogens is 434 g/mol. The first-order valence-corrected chi connectivity index (χ1v) is 9.93. The van der Waals surface area contributed by atoms with Gasteiger partial charge in [-0.05, 0) is 63.5 Å². The zero-order valence-electron chi connectivity index (χ0n) is 15.9. The fourth-order valence-corrected chi connectivity index (χ4v) is 3.07. The van der Waals surface area contributed by atoms with E-state index in [1.807, 2.05) is 48.5 Å². The van der Waals surface area contributed by atoms with Crippen LogP contribution in [0.15, 0.2) is 77.3 Å². The minimum absolute atomic E-state index is 0.0768. The molecular formula is C23H20BrNO4. The van der Waals surface area contributed by atoms with Crippen LogP contribution in [0.2, 0.25) is 0 Å². The minimum atomic E-state index is -0.519. The molecule has 0 spiro atoms. The van der Waals surface area contributed by atoms with Gasteiger partial charge in [-0.3, -0.25) is 4.79 Å².